The van der Waals surface area contributed by atoms with Gasteiger partial charge in [0.25, 0.3) is 0 Å². The fourth-order valence-corrected chi connectivity index (χ4v) is 4.49. The molecule has 0 aromatic heterocycles. The Morgan fingerprint density at radius 3 is 2.17 bits per heavy atom. The number of halogens is 3. The maximum absolute atomic E-state index is 13.1. The molecule has 0 bridgehead atoms. The highest BCUT2D eigenvalue weighted by Gasteiger charge is 2.35. The SMILES string of the molecule is CC1CC[C@@H](C)N1C(=O)N1CCc2ccc(-c3ccc(C(F)(F)F)cc3)cc2C1. The average Bonchev–Trinajstić information content (AvgIpc) is 3.04. The number of likely N-dealkylation sites (tertiary alicyclic amines) is 1. The van der Waals surface area contributed by atoms with Gasteiger partial charge in [0, 0.05) is 25.2 Å². The molecule has 0 spiro atoms. The summed E-state index contributed by atoms with van der Waals surface area (Å²) in [5, 5.41) is 0. The topological polar surface area (TPSA) is 23.6 Å². The minimum Gasteiger partial charge on any atom is -0.320 e. The summed E-state index contributed by atoms with van der Waals surface area (Å²) in [4.78, 5) is 17.0. The van der Waals surface area contributed by atoms with Crippen LogP contribution < -0.4 is 0 Å². The van der Waals surface area contributed by atoms with Gasteiger partial charge in [0.05, 0.1) is 5.56 Å². The summed E-state index contributed by atoms with van der Waals surface area (Å²) in [5.74, 6) is 0. The van der Waals surface area contributed by atoms with E-state index in [0.29, 0.717) is 13.1 Å². The number of nitrogens with zero attached hydrogens (tertiary/aromatic N) is 2. The van der Waals surface area contributed by atoms with Crippen LogP contribution in [0.2, 0.25) is 0 Å². The number of rotatable bonds is 1. The van der Waals surface area contributed by atoms with Crippen molar-refractivity contribution in [1.82, 2.24) is 9.80 Å². The number of carbonyl (C=O) groups excluding carboxylic acids is 1. The molecule has 6 heteroatoms. The maximum Gasteiger partial charge on any atom is 0.416 e. The van der Waals surface area contributed by atoms with Crippen molar-refractivity contribution in [2.75, 3.05) is 6.54 Å². The Morgan fingerprint density at radius 1 is 0.931 bits per heavy atom. The summed E-state index contributed by atoms with van der Waals surface area (Å²) in [6.07, 6.45) is -1.46. The molecule has 0 radical (unpaired) electrons. The second-order valence-electron chi connectivity index (χ2n) is 8.20. The number of amides is 2. The van der Waals surface area contributed by atoms with Crippen LogP contribution in [0.25, 0.3) is 11.1 Å². The number of benzene rings is 2. The third-order valence-electron chi connectivity index (χ3n) is 6.21. The van der Waals surface area contributed by atoms with Crippen LogP contribution >= 0.6 is 0 Å². The van der Waals surface area contributed by atoms with Crippen LogP contribution in [0.3, 0.4) is 0 Å². The van der Waals surface area contributed by atoms with Gasteiger partial charge in [-0.1, -0.05) is 24.3 Å². The molecule has 2 aliphatic heterocycles. The molecule has 2 amide bonds. The van der Waals surface area contributed by atoms with Crippen LogP contribution in [0.1, 0.15) is 43.4 Å². The zero-order valence-electron chi connectivity index (χ0n) is 16.7. The van der Waals surface area contributed by atoms with Crippen molar-refractivity contribution < 1.29 is 18.0 Å². The monoisotopic (exact) mass is 402 g/mol. The number of carbonyl (C=O) groups is 1. The Balaban J connectivity index is 1.55. The quantitative estimate of drug-likeness (QED) is 0.598. The largest absolute Gasteiger partial charge is 0.416 e. The molecule has 0 saturated carbocycles. The van der Waals surface area contributed by atoms with Crippen LogP contribution in [0, 0.1) is 0 Å². The number of fused-ring (bicyclic) bond motifs is 1. The van der Waals surface area contributed by atoms with Crippen molar-refractivity contribution in [3.8, 4) is 11.1 Å². The first-order valence-corrected chi connectivity index (χ1v) is 10.1. The standard InChI is InChI=1S/C23H25F3N2O/c1-15-3-4-16(2)28(15)22(29)27-12-11-18-5-6-19(13-20(18)14-27)17-7-9-21(10-8-17)23(24,25)26/h5-10,13,15-16H,3-4,11-12,14H2,1-2H3/t15-,16?/m1/s1. The minimum atomic E-state index is -4.33. The van der Waals surface area contributed by atoms with Crippen molar-refractivity contribution in [1.29, 1.82) is 0 Å². The van der Waals surface area contributed by atoms with Gasteiger partial charge in [0.15, 0.2) is 0 Å². The molecule has 2 heterocycles. The molecule has 1 saturated heterocycles. The van der Waals surface area contributed by atoms with Gasteiger partial charge in [-0.25, -0.2) is 4.79 Å². The second-order valence-corrected chi connectivity index (χ2v) is 8.20. The highest BCUT2D eigenvalue weighted by molar-refractivity contribution is 5.76. The maximum atomic E-state index is 13.1. The van der Waals surface area contributed by atoms with E-state index in [0.717, 1.165) is 48.1 Å². The Hall–Kier alpha value is -2.50. The van der Waals surface area contributed by atoms with E-state index in [1.54, 1.807) is 0 Å². The van der Waals surface area contributed by atoms with Crippen LogP contribution in [0.4, 0.5) is 18.0 Å². The van der Waals surface area contributed by atoms with Crippen molar-refractivity contribution in [3.05, 3.63) is 59.2 Å². The van der Waals surface area contributed by atoms with E-state index in [-0.39, 0.29) is 18.1 Å². The molecule has 154 valence electrons. The van der Waals surface area contributed by atoms with Crippen molar-refractivity contribution in [2.24, 2.45) is 0 Å². The number of hydrogen-bond acceptors (Lipinski definition) is 1. The summed E-state index contributed by atoms with van der Waals surface area (Å²) in [6.45, 7) is 5.43. The van der Waals surface area contributed by atoms with Gasteiger partial charge in [-0.2, -0.15) is 13.2 Å². The molecule has 2 atom stereocenters. The molecule has 4 rings (SSSR count). The van der Waals surface area contributed by atoms with Gasteiger partial charge in [-0.05, 0) is 73.6 Å². The zero-order valence-corrected chi connectivity index (χ0v) is 16.7. The van der Waals surface area contributed by atoms with Gasteiger partial charge in [-0.15, -0.1) is 0 Å². The Kier molecular flexibility index (Phi) is 5.05. The van der Waals surface area contributed by atoms with Crippen LogP contribution in [-0.4, -0.2) is 34.5 Å². The van der Waals surface area contributed by atoms with E-state index in [1.165, 1.54) is 17.7 Å². The average molecular weight is 402 g/mol. The lowest BCUT2D eigenvalue weighted by molar-refractivity contribution is -0.137. The normalized spacial score (nSPS) is 22.0. The predicted molar refractivity (Wildman–Crippen MR) is 106 cm³/mol. The lowest BCUT2D eigenvalue weighted by Gasteiger charge is -2.36. The second kappa shape index (κ2) is 7.39. The van der Waals surface area contributed by atoms with Gasteiger partial charge in [-0.3, -0.25) is 0 Å². The Bertz CT molecular complexity index is 897. The van der Waals surface area contributed by atoms with E-state index in [4.69, 9.17) is 0 Å². The van der Waals surface area contributed by atoms with E-state index in [9.17, 15) is 18.0 Å². The first kappa shape index (κ1) is 19.8. The molecule has 1 fully saturated rings. The third-order valence-corrected chi connectivity index (χ3v) is 6.21. The molecule has 2 aromatic rings. The number of hydrogen-bond donors (Lipinski definition) is 0. The lowest BCUT2D eigenvalue weighted by atomic mass is 9.94. The molecule has 0 aliphatic carbocycles. The molecule has 3 nitrogen and oxygen atoms in total. The Labute approximate surface area is 169 Å². The van der Waals surface area contributed by atoms with Crippen molar-refractivity contribution in [3.63, 3.8) is 0 Å². The summed E-state index contributed by atoms with van der Waals surface area (Å²) in [5.41, 5.74) is 3.24. The van der Waals surface area contributed by atoms with Gasteiger partial charge in [0.2, 0.25) is 0 Å². The summed E-state index contributed by atoms with van der Waals surface area (Å²) in [6, 6.07) is 11.8. The minimum absolute atomic E-state index is 0.0908. The fraction of sp³-hybridized carbons (Fsp3) is 0.435. The number of urea groups is 1. The van der Waals surface area contributed by atoms with Crippen LogP contribution in [0.5, 0.6) is 0 Å². The van der Waals surface area contributed by atoms with E-state index in [2.05, 4.69) is 13.8 Å². The van der Waals surface area contributed by atoms with E-state index >= 15 is 0 Å². The molecule has 1 unspecified atom stereocenters. The smallest absolute Gasteiger partial charge is 0.320 e. The van der Waals surface area contributed by atoms with Crippen molar-refractivity contribution >= 4 is 6.03 Å². The molecular formula is C23H25F3N2O. The Morgan fingerprint density at radius 2 is 1.55 bits per heavy atom. The van der Waals surface area contributed by atoms with E-state index < -0.39 is 11.7 Å². The van der Waals surface area contributed by atoms with E-state index in [1.807, 2.05) is 28.0 Å². The first-order valence-electron chi connectivity index (χ1n) is 10.1. The summed E-state index contributed by atoms with van der Waals surface area (Å²) >= 11 is 0. The predicted octanol–water partition coefficient (Wildman–Crippen LogP) is 5.72. The molecule has 0 N–H and O–H groups in total. The summed E-state index contributed by atoms with van der Waals surface area (Å²) < 4.78 is 38.4. The molecular weight excluding hydrogens is 377 g/mol. The molecule has 2 aliphatic rings. The van der Waals surface area contributed by atoms with Gasteiger partial charge >= 0.3 is 12.2 Å². The summed E-state index contributed by atoms with van der Waals surface area (Å²) in [7, 11) is 0. The molecule has 2 aromatic carbocycles. The fourth-order valence-electron chi connectivity index (χ4n) is 4.49. The highest BCUT2D eigenvalue weighted by atomic mass is 19.4. The first-order chi connectivity index (χ1) is 13.7. The molecule has 29 heavy (non-hydrogen) atoms. The van der Waals surface area contributed by atoms with Gasteiger partial charge < -0.3 is 9.80 Å². The lowest BCUT2D eigenvalue weighted by Crippen LogP contribution is -2.48. The zero-order chi connectivity index (χ0) is 20.8. The number of alkyl halides is 3. The van der Waals surface area contributed by atoms with Crippen LogP contribution in [0.15, 0.2) is 42.5 Å². The van der Waals surface area contributed by atoms with Crippen molar-refractivity contribution in [2.45, 2.75) is 57.9 Å². The van der Waals surface area contributed by atoms with Crippen LogP contribution in [-0.2, 0) is 19.1 Å². The third kappa shape index (κ3) is 3.85. The highest BCUT2D eigenvalue weighted by Crippen LogP contribution is 2.33. The van der Waals surface area contributed by atoms with Gasteiger partial charge in [0.1, 0.15) is 0 Å².